The first-order valence-corrected chi connectivity index (χ1v) is 10.4. The van der Waals surface area contributed by atoms with E-state index in [9.17, 15) is 9.59 Å². The van der Waals surface area contributed by atoms with Crippen LogP contribution in [-0.4, -0.2) is 58.8 Å². The highest BCUT2D eigenvalue weighted by Crippen LogP contribution is 2.43. The lowest BCUT2D eigenvalue weighted by Crippen LogP contribution is -2.48. The zero-order chi connectivity index (χ0) is 23.0. The summed E-state index contributed by atoms with van der Waals surface area (Å²) in [4.78, 5) is 32.1. The number of amides is 1. The molecule has 1 heterocycles. The van der Waals surface area contributed by atoms with E-state index in [1.165, 1.54) is 0 Å². The summed E-state index contributed by atoms with van der Waals surface area (Å²) in [6, 6.07) is 8.86. The first kappa shape index (κ1) is 22.6. The standard InChI is InChI=1S/C24H31N3O4/c1-16-20(17-7-9-18(10-8-17)21(28)29)13-19(14-25-16)26(5)15-24(11-12-24)27(6)22(30)31-23(2,3)4/h7-10,13-14H,11-12,15H2,1-6H3,(H,28,29). The number of pyridine rings is 1. The van der Waals surface area contributed by atoms with Crippen LogP contribution in [0.25, 0.3) is 11.1 Å². The first-order chi connectivity index (χ1) is 14.4. The van der Waals surface area contributed by atoms with Gasteiger partial charge >= 0.3 is 12.1 Å². The fraction of sp³-hybridized carbons (Fsp3) is 0.458. The zero-order valence-electron chi connectivity index (χ0n) is 19.1. The number of carbonyl (C=O) groups is 2. The normalized spacial score (nSPS) is 14.6. The van der Waals surface area contributed by atoms with E-state index in [0.29, 0.717) is 6.54 Å². The molecule has 1 aromatic carbocycles. The number of aromatic carboxylic acids is 1. The van der Waals surface area contributed by atoms with Crippen LogP contribution in [0.4, 0.5) is 10.5 Å². The minimum atomic E-state index is -0.946. The second-order valence-electron chi connectivity index (χ2n) is 9.33. The molecule has 3 rings (SSSR count). The van der Waals surface area contributed by atoms with Crippen LogP contribution in [0.15, 0.2) is 36.5 Å². The van der Waals surface area contributed by atoms with Crippen molar-refractivity contribution in [1.29, 1.82) is 0 Å². The van der Waals surface area contributed by atoms with Gasteiger partial charge in [0.2, 0.25) is 0 Å². The third-order valence-corrected chi connectivity index (χ3v) is 5.69. The Labute approximate surface area is 183 Å². The molecule has 1 N–H and O–H groups in total. The van der Waals surface area contributed by atoms with Crippen molar-refractivity contribution in [3.05, 3.63) is 47.8 Å². The smallest absolute Gasteiger partial charge is 0.410 e. The lowest BCUT2D eigenvalue weighted by atomic mass is 10.0. The summed E-state index contributed by atoms with van der Waals surface area (Å²) in [5.41, 5.74) is 3.15. The molecule has 0 bridgehead atoms. The lowest BCUT2D eigenvalue weighted by Gasteiger charge is -2.34. The largest absolute Gasteiger partial charge is 0.478 e. The van der Waals surface area contributed by atoms with E-state index in [2.05, 4.69) is 16.0 Å². The number of hydrogen-bond acceptors (Lipinski definition) is 5. The van der Waals surface area contributed by atoms with E-state index in [1.54, 1.807) is 36.2 Å². The average Bonchev–Trinajstić information content (AvgIpc) is 3.47. The van der Waals surface area contributed by atoms with Crippen LogP contribution in [0.3, 0.4) is 0 Å². The molecule has 0 saturated heterocycles. The quantitative estimate of drug-likeness (QED) is 0.729. The van der Waals surface area contributed by atoms with Gasteiger partial charge < -0.3 is 19.6 Å². The second-order valence-corrected chi connectivity index (χ2v) is 9.33. The van der Waals surface area contributed by atoms with Gasteiger partial charge in [-0.05, 0) is 64.3 Å². The topological polar surface area (TPSA) is 83.0 Å². The molecule has 0 aliphatic heterocycles. The summed E-state index contributed by atoms with van der Waals surface area (Å²) >= 11 is 0. The Morgan fingerprint density at radius 2 is 1.77 bits per heavy atom. The van der Waals surface area contributed by atoms with Crippen molar-refractivity contribution in [2.45, 2.75) is 51.7 Å². The monoisotopic (exact) mass is 425 g/mol. The molecule has 1 fully saturated rings. The van der Waals surface area contributed by atoms with Crippen molar-refractivity contribution in [2.24, 2.45) is 0 Å². The van der Waals surface area contributed by atoms with Gasteiger partial charge in [0.15, 0.2) is 0 Å². The van der Waals surface area contributed by atoms with Crippen molar-refractivity contribution in [1.82, 2.24) is 9.88 Å². The van der Waals surface area contributed by atoms with Crippen molar-refractivity contribution in [3.8, 4) is 11.1 Å². The summed E-state index contributed by atoms with van der Waals surface area (Å²) in [5, 5.41) is 9.12. The van der Waals surface area contributed by atoms with E-state index in [0.717, 1.165) is 35.3 Å². The molecular weight excluding hydrogens is 394 g/mol. The molecular formula is C24H31N3O4. The van der Waals surface area contributed by atoms with Crippen molar-refractivity contribution in [2.75, 3.05) is 25.5 Å². The Bertz CT molecular complexity index is 975. The summed E-state index contributed by atoms with van der Waals surface area (Å²) < 4.78 is 5.55. The first-order valence-electron chi connectivity index (χ1n) is 10.4. The number of benzene rings is 1. The maximum Gasteiger partial charge on any atom is 0.410 e. The summed E-state index contributed by atoms with van der Waals surface area (Å²) in [5.74, 6) is -0.946. The van der Waals surface area contributed by atoms with Gasteiger partial charge in [0.1, 0.15) is 5.60 Å². The molecule has 1 aliphatic rings. The van der Waals surface area contributed by atoms with Crippen LogP contribution in [0.2, 0.25) is 0 Å². The van der Waals surface area contributed by atoms with Crippen LogP contribution in [0.5, 0.6) is 0 Å². The maximum absolute atomic E-state index is 12.6. The Hall–Kier alpha value is -3.09. The number of carbonyl (C=O) groups excluding carboxylic acids is 1. The number of aryl methyl sites for hydroxylation is 1. The molecule has 0 radical (unpaired) electrons. The number of nitrogens with zero attached hydrogens (tertiary/aromatic N) is 3. The SMILES string of the molecule is Cc1ncc(N(C)CC2(N(C)C(=O)OC(C)(C)C)CC2)cc1-c1ccc(C(=O)O)cc1. The van der Waals surface area contributed by atoms with Gasteiger partial charge in [-0.1, -0.05) is 12.1 Å². The minimum Gasteiger partial charge on any atom is -0.478 e. The Morgan fingerprint density at radius 3 is 2.29 bits per heavy atom. The van der Waals surface area contributed by atoms with Gasteiger partial charge in [-0.3, -0.25) is 4.98 Å². The molecule has 0 spiro atoms. The third-order valence-electron chi connectivity index (χ3n) is 5.69. The van der Waals surface area contributed by atoms with Gasteiger partial charge in [0, 0.05) is 31.9 Å². The molecule has 1 amide bonds. The van der Waals surface area contributed by atoms with Crippen LogP contribution in [0.1, 0.15) is 49.7 Å². The van der Waals surface area contributed by atoms with E-state index in [1.807, 2.05) is 40.9 Å². The number of carboxylic acid groups (broad SMARTS) is 1. The van der Waals surface area contributed by atoms with Crippen molar-refractivity contribution in [3.63, 3.8) is 0 Å². The third kappa shape index (κ3) is 5.16. The highest BCUT2D eigenvalue weighted by molar-refractivity contribution is 5.88. The molecule has 1 saturated carbocycles. The van der Waals surface area contributed by atoms with E-state index in [4.69, 9.17) is 9.84 Å². The van der Waals surface area contributed by atoms with Gasteiger partial charge in [-0.15, -0.1) is 0 Å². The van der Waals surface area contributed by atoms with E-state index in [-0.39, 0.29) is 17.2 Å². The van der Waals surface area contributed by atoms with Gasteiger partial charge in [0.25, 0.3) is 0 Å². The molecule has 31 heavy (non-hydrogen) atoms. The molecule has 2 aromatic rings. The highest BCUT2D eigenvalue weighted by Gasteiger charge is 2.50. The number of likely N-dealkylation sites (N-methyl/N-ethyl adjacent to an activating group) is 2. The van der Waals surface area contributed by atoms with Crippen molar-refractivity contribution < 1.29 is 19.4 Å². The van der Waals surface area contributed by atoms with E-state index >= 15 is 0 Å². The maximum atomic E-state index is 12.6. The molecule has 7 nitrogen and oxygen atoms in total. The van der Waals surface area contributed by atoms with Gasteiger partial charge in [-0.25, -0.2) is 9.59 Å². The van der Waals surface area contributed by atoms with Crippen LogP contribution in [-0.2, 0) is 4.74 Å². The molecule has 166 valence electrons. The number of anilines is 1. The van der Waals surface area contributed by atoms with Crippen LogP contribution >= 0.6 is 0 Å². The fourth-order valence-corrected chi connectivity index (χ4v) is 3.62. The van der Waals surface area contributed by atoms with Crippen LogP contribution in [0, 0.1) is 6.92 Å². The van der Waals surface area contributed by atoms with E-state index < -0.39 is 11.6 Å². The number of carboxylic acids is 1. The summed E-state index contributed by atoms with van der Waals surface area (Å²) in [6.45, 7) is 8.21. The Kier molecular flexibility index (Phi) is 5.98. The predicted octanol–water partition coefficient (Wildman–Crippen LogP) is 4.59. The fourth-order valence-electron chi connectivity index (χ4n) is 3.62. The number of rotatable bonds is 6. The van der Waals surface area contributed by atoms with Crippen molar-refractivity contribution >= 4 is 17.7 Å². The van der Waals surface area contributed by atoms with Gasteiger partial charge in [0.05, 0.1) is 23.0 Å². The zero-order valence-corrected chi connectivity index (χ0v) is 19.1. The lowest BCUT2D eigenvalue weighted by molar-refractivity contribution is 0.0202. The Balaban J connectivity index is 1.78. The summed E-state index contributed by atoms with van der Waals surface area (Å²) in [7, 11) is 3.80. The number of aromatic nitrogens is 1. The second kappa shape index (κ2) is 8.21. The van der Waals surface area contributed by atoms with Crippen LogP contribution < -0.4 is 4.90 Å². The summed E-state index contributed by atoms with van der Waals surface area (Å²) in [6.07, 6.45) is 3.37. The number of hydrogen-bond donors (Lipinski definition) is 1. The molecule has 1 aliphatic carbocycles. The molecule has 1 aromatic heterocycles. The molecule has 0 unspecified atom stereocenters. The number of ether oxygens (including phenoxy) is 1. The average molecular weight is 426 g/mol. The van der Waals surface area contributed by atoms with Gasteiger partial charge in [-0.2, -0.15) is 0 Å². The Morgan fingerprint density at radius 1 is 1.16 bits per heavy atom. The predicted molar refractivity (Wildman–Crippen MR) is 121 cm³/mol. The molecule has 7 heteroatoms. The molecule has 0 atom stereocenters. The minimum absolute atomic E-state index is 0.245. The highest BCUT2D eigenvalue weighted by atomic mass is 16.6.